The van der Waals surface area contributed by atoms with Gasteiger partial charge in [-0.1, -0.05) is 13.8 Å². The Balaban J connectivity index is 1.95. The summed E-state index contributed by atoms with van der Waals surface area (Å²) in [6, 6.07) is 8.23. The van der Waals surface area contributed by atoms with Crippen molar-refractivity contribution in [1.82, 2.24) is 10.3 Å². The fourth-order valence-electron chi connectivity index (χ4n) is 1.47. The van der Waals surface area contributed by atoms with E-state index in [0.717, 1.165) is 11.4 Å². The van der Waals surface area contributed by atoms with Crippen molar-refractivity contribution in [3.05, 3.63) is 36.2 Å². The lowest BCUT2D eigenvalue weighted by molar-refractivity contribution is 0.330. The Kier molecular flexibility index (Phi) is 4.87. The van der Waals surface area contributed by atoms with E-state index in [1.807, 2.05) is 30.5 Å². The van der Waals surface area contributed by atoms with Crippen LogP contribution in [0.1, 0.15) is 19.5 Å². The van der Waals surface area contributed by atoms with Crippen molar-refractivity contribution in [2.24, 2.45) is 0 Å². The number of nitrogens with zero attached hydrogens (tertiary/aromatic N) is 1. The summed E-state index contributed by atoms with van der Waals surface area (Å²) in [6.45, 7) is 4.85. The number of thioether (sulfide) groups is 1. The maximum atomic E-state index is 5.55. The normalized spacial score (nSPS) is 10.9. The third-order valence-electron chi connectivity index (χ3n) is 2.49. The second kappa shape index (κ2) is 6.63. The molecule has 4 nitrogen and oxygen atoms in total. The van der Waals surface area contributed by atoms with Crippen LogP contribution in [0.4, 0.5) is 0 Å². The topological polar surface area (TPSA) is 47.3 Å². The number of rotatable bonds is 6. The highest BCUT2D eigenvalue weighted by Gasteiger charge is 2.06. The average Bonchev–Trinajstić information content (AvgIpc) is 2.85. The van der Waals surface area contributed by atoms with Crippen LogP contribution < -0.4 is 10.1 Å². The maximum absolute atomic E-state index is 5.55. The van der Waals surface area contributed by atoms with Crippen molar-refractivity contribution < 1.29 is 9.15 Å². The third kappa shape index (κ3) is 4.29. The number of hydrogen-bond donors (Lipinski definition) is 1. The molecule has 0 bridgehead atoms. The minimum Gasteiger partial charge on any atom is -0.417 e. The second-order valence-electron chi connectivity index (χ2n) is 4.42. The fourth-order valence-corrected chi connectivity index (χ4v) is 1.88. The van der Waals surface area contributed by atoms with Crippen molar-refractivity contribution in [3.8, 4) is 11.8 Å². The molecule has 2 aromatic rings. The molecule has 5 heteroatoms. The van der Waals surface area contributed by atoms with Gasteiger partial charge in [-0.15, -0.1) is 11.8 Å². The van der Waals surface area contributed by atoms with Crippen LogP contribution in [-0.4, -0.2) is 17.3 Å². The van der Waals surface area contributed by atoms with Crippen LogP contribution in [-0.2, 0) is 6.54 Å². The van der Waals surface area contributed by atoms with Gasteiger partial charge < -0.3 is 14.5 Å². The summed E-state index contributed by atoms with van der Waals surface area (Å²) in [6.07, 6.45) is 3.93. The zero-order valence-electron chi connectivity index (χ0n) is 11.3. The lowest BCUT2D eigenvalue weighted by Gasteiger charge is -2.04. The highest BCUT2D eigenvalue weighted by atomic mass is 32.2. The molecule has 0 aliphatic carbocycles. The van der Waals surface area contributed by atoms with E-state index in [4.69, 9.17) is 9.15 Å². The summed E-state index contributed by atoms with van der Waals surface area (Å²) >= 11 is 1.69. The van der Waals surface area contributed by atoms with Crippen molar-refractivity contribution in [2.45, 2.75) is 31.3 Å². The number of aromatic nitrogens is 1. The minimum absolute atomic E-state index is 0.275. The highest BCUT2D eigenvalue weighted by molar-refractivity contribution is 7.98. The molecule has 0 spiro atoms. The molecule has 0 fully saturated rings. The molecule has 0 amide bonds. The quantitative estimate of drug-likeness (QED) is 0.817. The fraction of sp³-hybridized carbons (Fsp3) is 0.357. The maximum Gasteiger partial charge on any atom is 0.399 e. The molecule has 1 heterocycles. The molecule has 1 aromatic carbocycles. The van der Waals surface area contributed by atoms with Gasteiger partial charge in [0.2, 0.25) is 0 Å². The molecule has 0 saturated heterocycles. The molecule has 0 saturated carbocycles. The van der Waals surface area contributed by atoms with Gasteiger partial charge in [0, 0.05) is 17.5 Å². The van der Waals surface area contributed by atoms with Crippen LogP contribution in [0.3, 0.4) is 0 Å². The largest absolute Gasteiger partial charge is 0.417 e. The van der Waals surface area contributed by atoms with Crippen LogP contribution in [0.25, 0.3) is 0 Å². The van der Waals surface area contributed by atoms with Crippen molar-refractivity contribution in [1.29, 1.82) is 0 Å². The van der Waals surface area contributed by atoms with Gasteiger partial charge in [0.05, 0.1) is 5.69 Å². The average molecular weight is 278 g/mol. The SMILES string of the molecule is CSc1ccc(Oc2nc(CNC(C)C)co2)cc1. The molecule has 0 aliphatic rings. The van der Waals surface area contributed by atoms with Gasteiger partial charge in [-0.25, -0.2) is 0 Å². The van der Waals surface area contributed by atoms with E-state index in [-0.39, 0.29) is 6.08 Å². The predicted molar refractivity (Wildman–Crippen MR) is 76.8 cm³/mol. The van der Waals surface area contributed by atoms with Gasteiger partial charge in [0.1, 0.15) is 12.0 Å². The molecule has 2 rings (SSSR count). The van der Waals surface area contributed by atoms with Crippen molar-refractivity contribution in [3.63, 3.8) is 0 Å². The number of oxazole rings is 1. The third-order valence-corrected chi connectivity index (χ3v) is 3.23. The van der Waals surface area contributed by atoms with Gasteiger partial charge in [-0.05, 0) is 30.5 Å². The van der Waals surface area contributed by atoms with Gasteiger partial charge in [0.25, 0.3) is 0 Å². The van der Waals surface area contributed by atoms with Crippen LogP contribution in [0.15, 0.2) is 39.8 Å². The molecule has 0 radical (unpaired) electrons. The van der Waals surface area contributed by atoms with Gasteiger partial charge in [0.15, 0.2) is 0 Å². The van der Waals surface area contributed by atoms with Crippen LogP contribution >= 0.6 is 11.8 Å². The number of nitrogens with one attached hydrogen (secondary N) is 1. The van der Waals surface area contributed by atoms with E-state index in [1.165, 1.54) is 4.90 Å². The summed E-state index contributed by atoms with van der Waals surface area (Å²) in [7, 11) is 0. The highest BCUT2D eigenvalue weighted by Crippen LogP contribution is 2.23. The molecule has 19 heavy (non-hydrogen) atoms. The first-order valence-corrected chi connectivity index (χ1v) is 7.39. The lowest BCUT2D eigenvalue weighted by atomic mass is 10.3. The second-order valence-corrected chi connectivity index (χ2v) is 5.30. The molecule has 0 aliphatic heterocycles. The molecular formula is C14H18N2O2S. The van der Waals surface area contributed by atoms with Crippen molar-refractivity contribution in [2.75, 3.05) is 6.26 Å². The Hall–Kier alpha value is -1.46. The van der Waals surface area contributed by atoms with E-state index in [9.17, 15) is 0 Å². The molecular weight excluding hydrogens is 260 g/mol. The zero-order chi connectivity index (χ0) is 13.7. The summed E-state index contributed by atoms with van der Waals surface area (Å²) in [4.78, 5) is 5.46. The predicted octanol–water partition coefficient (Wildman–Crippen LogP) is 3.69. The Morgan fingerprint density at radius 2 is 2.05 bits per heavy atom. The van der Waals surface area contributed by atoms with Crippen molar-refractivity contribution >= 4 is 11.8 Å². The van der Waals surface area contributed by atoms with E-state index >= 15 is 0 Å². The van der Waals surface area contributed by atoms with E-state index in [2.05, 4.69) is 24.1 Å². The molecule has 1 aromatic heterocycles. The van der Waals surface area contributed by atoms with Gasteiger partial charge in [-0.3, -0.25) is 0 Å². The monoisotopic (exact) mass is 278 g/mol. The minimum atomic E-state index is 0.275. The lowest BCUT2D eigenvalue weighted by Crippen LogP contribution is -2.21. The Labute approximate surface area is 117 Å². The van der Waals surface area contributed by atoms with Crippen LogP contribution in [0.2, 0.25) is 0 Å². The van der Waals surface area contributed by atoms with Gasteiger partial charge in [-0.2, -0.15) is 4.98 Å². The molecule has 0 unspecified atom stereocenters. The first-order valence-electron chi connectivity index (χ1n) is 6.17. The number of hydrogen-bond acceptors (Lipinski definition) is 5. The smallest absolute Gasteiger partial charge is 0.399 e. The summed E-state index contributed by atoms with van der Waals surface area (Å²) in [5.41, 5.74) is 0.837. The number of ether oxygens (including phenoxy) is 1. The molecule has 0 atom stereocenters. The van der Waals surface area contributed by atoms with E-state index in [1.54, 1.807) is 18.0 Å². The van der Waals surface area contributed by atoms with Crippen LogP contribution in [0, 0.1) is 0 Å². The Morgan fingerprint density at radius 1 is 1.32 bits per heavy atom. The first kappa shape index (κ1) is 14.0. The number of benzene rings is 1. The Bertz CT molecular complexity index is 508. The summed E-state index contributed by atoms with van der Waals surface area (Å²) in [5.74, 6) is 0.725. The zero-order valence-corrected chi connectivity index (χ0v) is 12.2. The summed E-state index contributed by atoms with van der Waals surface area (Å²) < 4.78 is 10.8. The summed E-state index contributed by atoms with van der Waals surface area (Å²) in [5, 5.41) is 3.27. The van der Waals surface area contributed by atoms with Gasteiger partial charge >= 0.3 is 6.08 Å². The Morgan fingerprint density at radius 3 is 2.68 bits per heavy atom. The standard InChI is InChI=1S/C14H18N2O2S/c1-10(2)15-8-11-9-17-14(16-11)18-12-4-6-13(19-3)7-5-12/h4-7,9-10,15H,8H2,1-3H3. The van der Waals surface area contributed by atoms with E-state index in [0.29, 0.717) is 12.6 Å². The van der Waals surface area contributed by atoms with Crippen LogP contribution in [0.5, 0.6) is 11.8 Å². The molecule has 102 valence electrons. The van der Waals surface area contributed by atoms with E-state index < -0.39 is 0 Å². The first-order chi connectivity index (χ1) is 9.17. The molecule has 1 N–H and O–H groups in total.